The van der Waals surface area contributed by atoms with Crippen molar-refractivity contribution in [3.05, 3.63) is 42.7 Å². The predicted octanol–water partition coefficient (Wildman–Crippen LogP) is 0.921. The van der Waals surface area contributed by atoms with Gasteiger partial charge in [0.05, 0.1) is 13.7 Å². The van der Waals surface area contributed by atoms with Gasteiger partial charge in [-0.1, -0.05) is 12.1 Å². The number of para-hydroxylation sites is 2. The fourth-order valence-corrected chi connectivity index (χ4v) is 1.88. The molecule has 0 radical (unpaired) electrons. The summed E-state index contributed by atoms with van der Waals surface area (Å²) in [7, 11) is 1.59. The van der Waals surface area contributed by atoms with Gasteiger partial charge in [0, 0.05) is 25.5 Å². The van der Waals surface area contributed by atoms with Crippen molar-refractivity contribution in [2.45, 2.75) is 12.6 Å². The third-order valence-electron chi connectivity index (χ3n) is 2.96. The number of hydrogen-bond acceptors (Lipinski definition) is 5. The molecule has 2 rings (SSSR count). The summed E-state index contributed by atoms with van der Waals surface area (Å²) in [6.45, 7) is 2.20. The number of nitrogens with one attached hydrogen (secondary N) is 1. The van der Waals surface area contributed by atoms with Crippen molar-refractivity contribution in [1.82, 2.24) is 15.1 Å². The number of methoxy groups -OCH3 is 1. The first-order valence-electron chi connectivity index (χ1n) is 6.91. The van der Waals surface area contributed by atoms with E-state index >= 15 is 0 Å². The summed E-state index contributed by atoms with van der Waals surface area (Å²) >= 11 is 0. The number of ether oxygens (including phenoxy) is 2. The van der Waals surface area contributed by atoms with Crippen LogP contribution in [0.2, 0.25) is 0 Å². The summed E-state index contributed by atoms with van der Waals surface area (Å²) in [6.07, 6.45) is 3.08. The lowest BCUT2D eigenvalue weighted by Crippen LogP contribution is -2.33. The molecule has 2 aromatic rings. The number of aliphatic hydroxyl groups excluding tert-OH is 1. The lowest BCUT2D eigenvalue weighted by molar-refractivity contribution is 0.104. The quantitative estimate of drug-likeness (QED) is 0.673. The van der Waals surface area contributed by atoms with E-state index in [1.54, 1.807) is 13.3 Å². The van der Waals surface area contributed by atoms with Crippen molar-refractivity contribution in [2.24, 2.45) is 0 Å². The first-order valence-corrected chi connectivity index (χ1v) is 6.91. The molecule has 6 heteroatoms. The normalized spacial score (nSPS) is 12.1. The van der Waals surface area contributed by atoms with Crippen molar-refractivity contribution in [3.8, 4) is 11.5 Å². The van der Waals surface area contributed by atoms with E-state index in [2.05, 4.69) is 10.4 Å². The number of benzene rings is 1. The van der Waals surface area contributed by atoms with Gasteiger partial charge in [0.25, 0.3) is 0 Å². The molecule has 0 saturated carbocycles. The van der Waals surface area contributed by atoms with Gasteiger partial charge < -0.3 is 19.9 Å². The number of aromatic nitrogens is 2. The molecule has 0 aliphatic heterocycles. The van der Waals surface area contributed by atoms with Crippen molar-refractivity contribution < 1.29 is 14.6 Å². The second-order valence-corrected chi connectivity index (χ2v) is 4.59. The minimum atomic E-state index is -0.576. The van der Waals surface area contributed by atoms with E-state index in [1.807, 2.05) is 41.2 Å². The number of hydrogen-bond donors (Lipinski definition) is 2. The molecule has 0 spiro atoms. The highest BCUT2D eigenvalue weighted by Crippen LogP contribution is 2.25. The van der Waals surface area contributed by atoms with E-state index in [0.717, 1.165) is 13.1 Å². The van der Waals surface area contributed by atoms with Gasteiger partial charge in [-0.15, -0.1) is 0 Å². The van der Waals surface area contributed by atoms with Crippen LogP contribution in [0.15, 0.2) is 42.7 Å². The van der Waals surface area contributed by atoms with Gasteiger partial charge >= 0.3 is 0 Å². The first-order chi connectivity index (χ1) is 10.3. The lowest BCUT2D eigenvalue weighted by Gasteiger charge is -2.15. The van der Waals surface area contributed by atoms with Crippen LogP contribution in [0.1, 0.15) is 0 Å². The molecule has 1 heterocycles. The Morgan fingerprint density at radius 1 is 1.29 bits per heavy atom. The highest BCUT2D eigenvalue weighted by molar-refractivity contribution is 5.39. The summed E-state index contributed by atoms with van der Waals surface area (Å²) in [5.41, 5.74) is 0. The van der Waals surface area contributed by atoms with Crippen LogP contribution in [0, 0.1) is 0 Å². The van der Waals surface area contributed by atoms with Crippen LogP contribution in [0.3, 0.4) is 0 Å². The summed E-state index contributed by atoms with van der Waals surface area (Å²) in [6, 6.07) is 9.27. The smallest absolute Gasteiger partial charge is 0.161 e. The van der Waals surface area contributed by atoms with Gasteiger partial charge in [-0.05, 0) is 18.2 Å². The molecule has 0 aliphatic carbocycles. The maximum atomic E-state index is 9.88. The topological polar surface area (TPSA) is 68.5 Å². The molecule has 6 nitrogen and oxygen atoms in total. The Balaban J connectivity index is 1.64. The highest BCUT2D eigenvalue weighted by Gasteiger charge is 2.07. The van der Waals surface area contributed by atoms with Crippen molar-refractivity contribution in [3.63, 3.8) is 0 Å². The summed E-state index contributed by atoms with van der Waals surface area (Å²) in [5.74, 6) is 1.30. The second kappa shape index (κ2) is 8.28. The van der Waals surface area contributed by atoms with Gasteiger partial charge in [-0.25, -0.2) is 0 Å². The summed E-state index contributed by atoms with van der Waals surface area (Å²) in [4.78, 5) is 0. The highest BCUT2D eigenvalue weighted by atomic mass is 16.5. The standard InChI is InChI=1S/C15H21N3O3/c1-20-14-5-2-3-6-15(14)21-12-13(19)11-16-8-10-18-9-4-7-17-18/h2-7,9,13,16,19H,8,10-12H2,1H3. The maximum absolute atomic E-state index is 9.88. The minimum Gasteiger partial charge on any atom is -0.493 e. The Morgan fingerprint density at radius 2 is 2.10 bits per heavy atom. The molecule has 1 unspecified atom stereocenters. The van der Waals surface area contributed by atoms with Crippen LogP contribution in [-0.2, 0) is 6.54 Å². The largest absolute Gasteiger partial charge is 0.493 e. The third-order valence-corrected chi connectivity index (χ3v) is 2.96. The Morgan fingerprint density at radius 3 is 2.81 bits per heavy atom. The zero-order valence-corrected chi connectivity index (χ0v) is 12.1. The Labute approximate surface area is 124 Å². The van der Waals surface area contributed by atoms with Crippen LogP contribution in [-0.4, -0.2) is 47.8 Å². The van der Waals surface area contributed by atoms with Gasteiger partial charge in [-0.3, -0.25) is 4.68 Å². The fourth-order valence-electron chi connectivity index (χ4n) is 1.88. The predicted molar refractivity (Wildman–Crippen MR) is 79.6 cm³/mol. The summed E-state index contributed by atoms with van der Waals surface area (Å²) in [5, 5.41) is 17.2. The molecule has 1 atom stereocenters. The summed E-state index contributed by atoms with van der Waals surface area (Å²) < 4.78 is 12.6. The van der Waals surface area contributed by atoms with E-state index in [-0.39, 0.29) is 6.61 Å². The van der Waals surface area contributed by atoms with Crippen LogP contribution >= 0.6 is 0 Å². The van der Waals surface area contributed by atoms with Crippen LogP contribution < -0.4 is 14.8 Å². The number of aliphatic hydroxyl groups is 1. The Bertz CT molecular complexity index is 517. The molecule has 0 amide bonds. The molecule has 114 valence electrons. The van der Waals surface area contributed by atoms with Crippen LogP contribution in [0.4, 0.5) is 0 Å². The van der Waals surface area contributed by atoms with E-state index in [0.29, 0.717) is 18.0 Å². The molecule has 1 aromatic heterocycles. The average Bonchev–Trinajstić information content (AvgIpc) is 3.03. The van der Waals surface area contributed by atoms with Crippen molar-refractivity contribution in [1.29, 1.82) is 0 Å². The van der Waals surface area contributed by atoms with E-state index in [9.17, 15) is 5.11 Å². The molecule has 0 fully saturated rings. The number of nitrogens with zero attached hydrogens (tertiary/aromatic N) is 2. The van der Waals surface area contributed by atoms with Gasteiger partial charge in [0.1, 0.15) is 12.7 Å². The SMILES string of the molecule is COc1ccccc1OCC(O)CNCCn1cccn1. The zero-order chi connectivity index (χ0) is 14.9. The number of rotatable bonds is 9. The molecule has 1 aromatic carbocycles. The lowest BCUT2D eigenvalue weighted by atomic mass is 10.3. The van der Waals surface area contributed by atoms with Crippen molar-refractivity contribution in [2.75, 3.05) is 26.8 Å². The zero-order valence-electron chi connectivity index (χ0n) is 12.1. The fraction of sp³-hybridized carbons (Fsp3) is 0.400. The minimum absolute atomic E-state index is 0.217. The average molecular weight is 291 g/mol. The molecule has 0 saturated heterocycles. The molecule has 2 N–H and O–H groups in total. The van der Waals surface area contributed by atoms with E-state index in [1.165, 1.54) is 0 Å². The van der Waals surface area contributed by atoms with Crippen LogP contribution in [0.5, 0.6) is 11.5 Å². The third kappa shape index (κ3) is 5.09. The first kappa shape index (κ1) is 15.3. The van der Waals surface area contributed by atoms with Gasteiger partial charge in [-0.2, -0.15) is 5.10 Å². The molecule has 21 heavy (non-hydrogen) atoms. The maximum Gasteiger partial charge on any atom is 0.161 e. The Hall–Kier alpha value is -2.05. The van der Waals surface area contributed by atoms with Gasteiger partial charge in [0.2, 0.25) is 0 Å². The molecule has 0 bridgehead atoms. The molecular weight excluding hydrogens is 270 g/mol. The Kier molecular flexibility index (Phi) is 6.05. The second-order valence-electron chi connectivity index (χ2n) is 4.59. The van der Waals surface area contributed by atoms with Crippen molar-refractivity contribution >= 4 is 0 Å². The van der Waals surface area contributed by atoms with E-state index in [4.69, 9.17) is 9.47 Å². The molecule has 0 aliphatic rings. The van der Waals surface area contributed by atoms with Gasteiger partial charge in [0.15, 0.2) is 11.5 Å². The van der Waals surface area contributed by atoms with Crippen LogP contribution in [0.25, 0.3) is 0 Å². The monoisotopic (exact) mass is 291 g/mol. The van der Waals surface area contributed by atoms with E-state index < -0.39 is 6.10 Å². The molecular formula is C15H21N3O3.